The minimum Gasteiger partial charge on any atom is -0.504 e. The molecule has 0 spiro atoms. The van der Waals surface area contributed by atoms with Crippen LogP contribution in [0.5, 0.6) is 11.6 Å². The van der Waals surface area contributed by atoms with Crippen LogP contribution in [0, 0.1) is 13.8 Å². The summed E-state index contributed by atoms with van der Waals surface area (Å²) in [5.74, 6) is -0.0966. The number of benzene rings is 2. The van der Waals surface area contributed by atoms with Gasteiger partial charge < -0.3 is 15.1 Å². The zero-order valence-corrected chi connectivity index (χ0v) is 21.4. The predicted octanol–water partition coefficient (Wildman–Crippen LogP) is 7.43. The van der Waals surface area contributed by atoms with Crippen LogP contribution in [0.4, 0.5) is 11.4 Å². The van der Waals surface area contributed by atoms with Crippen LogP contribution in [0.3, 0.4) is 0 Å². The van der Waals surface area contributed by atoms with E-state index in [1.807, 2.05) is 80.5 Å². The summed E-state index contributed by atoms with van der Waals surface area (Å²) >= 11 is 1.31. The molecule has 6 heteroatoms. The molecule has 4 rings (SSSR count). The van der Waals surface area contributed by atoms with Gasteiger partial charge in [0.05, 0.1) is 5.69 Å². The summed E-state index contributed by atoms with van der Waals surface area (Å²) in [6, 6.07) is 18.2. The summed E-state index contributed by atoms with van der Waals surface area (Å²) in [6.45, 7) is 6.20. The fourth-order valence-corrected chi connectivity index (χ4v) is 4.97. The van der Waals surface area contributed by atoms with Gasteiger partial charge in [-0.1, -0.05) is 49.4 Å². The second kappa shape index (κ2) is 10.8. The lowest BCUT2D eigenvalue weighted by Gasteiger charge is -2.25. The molecule has 0 amide bonds. The summed E-state index contributed by atoms with van der Waals surface area (Å²) in [5.41, 5.74) is 6.75. The second-order valence-electron chi connectivity index (χ2n) is 8.73. The van der Waals surface area contributed by atoms with Gasteiger partial charge in [-0.2, -0.15) is 0 Å². The quantitative estimate of drug-likeness (QED) is 0.270. The number of hydrogen-bond donors (Lipinski definition) is 2. The Labute approximate surface area is 211 Å². The van der Waals surface area contributed by atoms with Crippen molar-refractivity contribution in [3.05, 3.63) is 83.8 Å². The second-order valence-corrected chi connectivity index (χ2v) is 9.81. The molecule has 0 saturated heterocycles. The van der Waals surface area contributed by atoms with Crippen molar-refractivity contribution >= 4 is 23.1 Å². The molecule has 2 aromatic carbocycles. The van der Waals surface area contributed by atoms with E-state index in [-0.39, 0.29) is 11.6 Å². The minimum atomic E-state index is -0.144. The first-order chi connectivity index (χ1) is 16.9. The first kappa shape index (κ1) is 24.6. The SMILES string of the molecule is CCCCc1nc(O)c(Sc2ccc(-c3ccncc3C)cc2)c(O)c1N(C)c1cccc(C)c1. The molecule has 35 heavy (non-hydrogen) atoms. The Hall–Kier alpha value is -3.51. The lowest BCUT2D eigenvalue weighted by molar-refractivity contribution is 0.410. The summed E-state index contributed by atoms with van der Waals surface area (Å²) < 4.78 is 0. The van der Waals surface area contributed by atoms with Crippen LogP contribution >= 0.6 is 11.8 Å². The van der Waals surface area contributed by atoms with Crippen molar-refractivity contribution in [2.24, 2.45) is 0 Å². The molecule has 0 aliphatic heterocycles. The van der Waals surface area contributed by atoms with Crippen LogP contribution in [-0.2, 0) is 6.42 Å². The lowest BCUT2D eigenvalue weighted by Crippen LogP contribution is -2.14. The molecule has 0 fully saturated rings. The van der Waals surface area contributed by atoms with E-state index in [1.54, 1.807) is 6.20 Å². The fourth-order valence-electron chi connectivity index (χ4n) is 4.13. The van der Waals surface area contributed by atoms with E-state index in [1.165, 1.54) is 11.8 Å². The third kappa shape index (κ3) is 5.43. The molecular formula is C29H31N3O2S. The van der Waals surface area contributed by atoms with Crippen molar-refractivity contribution in [2.75, 3.05) is 11.9 Å². The molecule has 0 saturated carbocycles. The molecule has 2 N–H and O–H groups in total. The molecule has 2 heterocycles. The minimum absolute atomic E-state index is 0.0478. The van der Waals surface area contributed by atoms with Gasteiger partial charge in [-0.3, -0.25) is 4.98 Å². The Kier molecular flexibility index (Phi) is 7.61. The summed E-state index contributed by atoms with van der Waals surface area (Å²) in [5, 5.41) is 22.2. The van der Waals surface area contributed by atoms with Gasteiger partial charge in [-0.25, -0.2) is 4.98 Å². The van der Waals surface area contributed by atoms with Crippen LogP contribution in [0.15, 0.2) is 76.8 Å². The highest BCUT2D eigenvalue weighted by Crippen LogP contribution is 2.48. The van der Waals surface area contributed by atoms with Crippen LogP contribution in [0.25, 0.3) is 11.1 Å². The number of pyridine rings is 2. The maximum absolute atomic E-state index is 11.4. The largest absolute Gasteiger partial charge is 0.504 e. The molecule has 2 aromatic heterocycles. The fraction of sp³-hybridized carbons (Fsp3) is 0.241. The predicted molar refractivity (Wildman–Crippen MR) is 144 cm³/mol. The summed E-state index contributed by atoms with van der Waals surface area (Å²) in [4.78, 5) is 11.9. The third-order valence-electron chi connectivity index (χ3n) is 6.05. The molecule has 4 aromatic rings. The van der Waals surface area contributed by atoms with Gasteiger partial charge in [0.25, 0.3) is 0 Å². The third-order valence-corrected chi connectivity index (χ3v) is 7.14. The Bertz CT molecular complexity index is 1320. The van der Waals surface area contributed by atoms with Crippen molar-refractivity contribution in [3.63, 3.8) is 0 Å². The molecule has 0 aliphatic rings. The van der Waals surface area contributed by atoms with Gasteiger partial charge in [-0.05, 0) is 79.3 Å². The van der Waals surface area contributed by atoms with E-state index < -0.39 is 0 Å². The topological polar surface area (TPSA) is 69.5 Å². The van der Waals surface area contributed by atoms with Gasteiger partial charge in [-0.15, -0.1) is 0 Å². The maximum atomic E-state index is 11.4. The number of nitrogens with zero attached hydrogens (tertiary/aromatic N) is 3. The van der Waals surface area contributed by atoms with Gasteiger partial charge >= 0.3 is 0 Å². The van der Waals surface area contributed by atoms with E-state index in [2.05, 4.69) is 23.0 Å². The zero-order valence-electron chi connectivity index (χ0n) is 20.6. The average molecular weight is 486 g/mol. The van der Waals surface area contributed by atoms with E-state index in [0.29, 0.717) is 22.7 Å². The lowest BCUT2D eigenvalue weighted by atomic mass is 10.0. The first-order valence-corrected chi connectivity index (χ1v) is 12.6. The van der Waals surface area contributed by atoms with Gasteiger partial charge in [0.2, 0.25) is 5.88 Å². The standard InChI is InChI=1S/C29H31N3O2S/c1-5-6-10-25-26(32(4)22-9-7-8-19(2)17-22)27(33)28(29(34)31-25)35-23-13-11-21(12-14-23)24-15-16-30-18-20(24)3/h7-9,11-18H,5-6,10H2,1-4H3,(H2,31,33,34). The summed E-state index contributed by atoms with van der Waals surface area (Å²) in [7, 11) is 1.93. The number of aromatic hydroxyl groups is 2. The normalized spacial score (nSPS) is 11.0. The Morgan fingerprint density at radius 1 is 1.00 bits per heavy atom. The Balaban J connectivity index is 1.71. The van der Waals surface area contributed by atoms with Crippen LogP contribution in [-0.4, -0.2) is 27.2 Å². The molecule has 5 nitrogen and oxygen atoms in total. The highest BCUT2D eigenvalue weighted by molar-refractivity contribution is 7.99. The highest BCUT2D eigenvalue weighted by atomic mass is 32.2. The van der Waals surface area contributed by atoms with Crippen LogP contribution < -0.4 is 4.90 Å². The van der Waals surface area contributed by atoms with Crippen molar-refractivity contribution in [3.8, 4) is 22.8 Å². The van der Waals surface area contributed by atoms with Crippen molar-refractivity contribution < 1.29 is 10.2 Å². The average Bonchev–Trinajstić information content (AvgIpc) is 2.85. The monoisotopic (exact) mass is 485 g/mol. The Morgan fingerprint density at radius 3 is 2.46 bits per heavy atom. The smallest absolute Gasteiger partial charge is 0.229 e. The molecule has 0 bridgehead atoms. The van der Waals surface area contributed by atoms with E-state index in [9.17, 15) is 10.2 Å². The number of aromatic nitrogens is 2. The maximum Gasteiger partial charge on any atom is 0.229 e. The number of hydrogen-bond acceptors (Lipinski definition) is 6. The van der Waals surface area contributed by atoms with E-state index in [4.69, 9.17) is 0 Å². The van der Waals surface area contributed by atoms with Crippen molar-refractivity contribution in [1.82, 2.24) is 9.97 Å². The molecule has 0 aliphatic carbocycles. The van der Waals surface area contributed by atoms with Crippen LogP contribution in [0.1, 0.15) is 36.6 Å². The number of anilines is 2. The van der Waals surface area contributed by atoms with Crippen LogP contribution in [0.2, 0.25) is 0 Å². The first-order valence-electron chi connectivity index (χ1n) is 11.8. The number of aryl methyl sites for hydroxylation is 3. The summed E-state index contributed by atoms with van der Waals surface area (Å²) in [6.07, 6.45) is 6.23. The van der Waals surface area contributed by atoms with Gasteiger partial charge in [0, 0.05) is 30.0 Å². The van der Waals surface area contributed by atoms with E-state index >= 15 is 0 Å². The molecule has 0 unspecified atom stereocenters. The highest BCUT2D eigenvalue weighted by Gasteiger charge is 2.23. The van der Waals surface area contributed by atoms with Gasteiger partial charge in [0.15, 0.2) is 5.75 Å². The Morgan fingerprint density at radius 2 is 1.77 bits per heavy atom. The molecule has 180 valence electrons. The van der Waals surface area contributed by atoms with Crippen molar-refractivity contribution in [2.45, 2.75) is 49.8 Å². The molecular weight excluding hydrogens is 454 g/mol. The molecule has 0 radical (unpaired) electrons. The van der Waals surface area contributed by atoms with Crippen molar-refractivity contribution in [1.29, 1.82) is 0 Å². The molecule has 0 atom stereocenters. The van der Waals surface area contributed by atoms with Gasteiger partial charge in [0.1, 0.15) is 10.6 Å². The number of unbranched alkanes of at least 4 members (excludes halogenated alkanes) is 1. The van der Waals surface area contributed by atoms with E-state index in [0.717, 1.165) is 45.7 Å². The zero-order chi connectivity index (χ0) is 24.9. The number of rotatable bonds is 8.